The minimum Gasteiger partial charge on any atom is -0.478 e. The molecule has 4 heteroatoms. The summed E-state index contributed by atoms with van der Waals surface area (Å²) in [6, 6.07) is 5.18. The standard InChI is InChI=1S/C17H21NO3/c1-10-3-2-4-14(16(10)17(20)21)18-15(19)9-13-8-11-5-6-12(13)7-11/h2-4,11-13H,5-9H2,1H3,(H,18,19)(H,20,21). The van der Waals surface area contributed by atoms with Crippen molar-refractivity contribution in [2.45, 2.75) is 39.0 Å². The molecule has 4 nitrogen and oxygen atoms in total. The van der Waals surface area contributed by atoms with Gasteiger partial charge in [-0.05, 0) is 55.6 Å². The molecule has 112 valence electrons. The summed E-state index contributed by atoms with van der Waals surface area (Å²) in [5.41, 5.74) is 1.27. The van der Waals surface area contributed by atoms with Crippen molar-refractivity contribution in [3.63, 3.8) is 0 Å². The maximum Gasteiger partial charge on any atom is 0.338 e. The predicted octanol–water partition coefficient (Wildman–Crippen LogP) is 3.46. The quantitative estimate of drug-likeness (QED) is 0.891. The van der Waals surface area contributed by atoms with Crippen molar-refractivity contribution in [3.05, 3.63) is 29.3 Å². The van der Waals surface area contributed by atoms with Crippen molar-refractivity contribution in [2.75, 3.05) is 5.32 Å². The van der Waals surface area contributed by atoms with E-state index in [1.165, 1.54) is 19.3 Å². The number of carbonyl (C=O) groups excluding carboxylic acids is 1. The Bertz CT molecular complexity index is 581. The predicted molar refractivity (Wildman–Crippen MR) is 80.3 cm³/mol. The molecule has 0 spiro atoms. The molecule has 0 aromatic heterocycles. The van der Waals surface area contributed by atoms with E-state index in [1.807, 2.05) is 0 Å². The van der Waals surface area contributed by atoms with Crippen LogP contribution in [0.5, 0.6) is 0 Å². The van der Waals surface area contributed by atoms with Gasteiger partial charge in [0.05, 0.1) is 11.3 Å². The zero-order valence-corrected chi connectivity index (χ0v) is 12.3. The van der Waals surface area contributed by atoms with Gasteiger partial charge in [-0.1, -0.05) is 18.6 Å². The Morgan fingerprint density at radius 1 is 1.29 bits per heavy atom. The summed E-state index contributed by atoms with van der Waals surface area (Å²) in [7, 11) is 0. The van der Waals surface area contributed by atoms with E-state index < -0.39 is 5.97 Å². The lowest BCUT2D eigenvalue weighted by Gasteiger charge is -2.21. The Labute approximate surface area is 124 Å². The Morgan fingerprint density at radius 2 is 2.10 bits per heavy atom. The summed E-state index contributed by atoms with van der Waals surface area (Å²) in [4.78, 5) is 23.5. The number of nitrogens with one attached hydrogen (secondary N) is 1. The molecular formula is C17H21NO3. The second-order valence-corrected chi connectivity index (χ2v) is 6.49. The smallest absolute Gasteiger partial charge is 0.338 e. The third kappa shape index (κ3) is 2.80. The summed E-state index contributed by atoms with van der Waals surface area (Å²) in [6.45, 7) is 1.75. The van der Waals surface area contributed by atoms with Crippen molar-refractivity contribution in [1.29, 1.82) is 0 Å². The Kier molecular flexibility index (Phi) is 3.70. The molecule has 21 heavy (non-hydrogen) atoms. The lowest BCUT2D eigenvalue weighted by Crippen LogP contribution is -2.21. The molecule has 1 amide bonds. The van der Waals surface area contributed by atoms with Crippen LogP contribution in [-0.2, 0) is 4.79 Å². The molecule has 2 aliphatic rings. The molecule has 0 radical (unpaired) electrons. The van der Waals surface area contributed by atoms with Crippen LogP contribution in [0.15, 0.2) is 18.2 Å². The summed E-state index contributed by atoms with van der Waals surface area (Å²) in [6.07, 6.45) is 5.55. The van der Waals surface area contributed by atoms with E-state index in [9.17, 15) is 14.7 Å². The molecule has 2 bridgehead atoms. The molecule has 0 aliphatic heterocycles. The number of hydrogen-bond donors (Lipinski definition) is 2. The van der Waals surface area contributed by atoms with Gasteiger partial charge in [0.25, 0.3) is 0 Å². The number of carboxylic acid groups (broad SMARTS) is 1. The van der Waals surface area contributed by atoms with Crippen molar-refractivity contribution in [2.24, 2.45) is 17.8 Å². The first-order chi connectivity index (χ1) is 10.0. The van der Waals surface area contributed by atoms with Crippen molar-refractivity contribution in [1.82, 2.24) is 0 Å². The van der Waals surface area contributed by atoms with Crippen LogP contribution in [-0.4, -0.2) is 17.0 Å². The summed E-state index contributed by atoms with van der Waals surface area (Å²) < 4.78 is 0. The molecule has 2 fully saturated rings. The number of rotatable bonds is 4. The number of amides is 1. The minimum absolute atomic E-state index is 0.0550. The van der Waals surface area contributed by atoms with Gasteiger partial charge in [-0.2, -0.15) is 0 Å². The number of carbonyl (C=O) groups is 2. The first-order valence-electron chi connectivity index (χ1n) is 7.67. The van der Waals surface area contributed by atoms with Crippen LogP contribution in [0, 0.1) is 24.7 Å². The van der Waals surface area contributed by atoms with E-state index in [4.69, 9.17) is 0 Å². The number of anilines is 1. The fourth-order valence-corrected chi connectivity index (χ4v) is 4.12. The van der Waals surface area contributed by atoms with E-state index in [0.29, 0.717) is 29.5 Å². The number of fused-ring (bicyclic) bond motifs is 2. The highest BCUT2D eigenvalue weighted by molar-refractivity contribution is 6.01. The number of carboxylic acids is 1. The molecule has 2 aliphatic carbocycles. The van der Waals surface area contributed by atoms with Crippen molar-refractivity contribution < 1.29 is 14.7 Å². The van der Waals surface area contributed by atoms with E-state index in [0.717, 1.165) is 12.3 Å². The van der Waals surface area contributed by atoms with E-state index in [1.54, 1.807) is 25.1 Å². The van der Waals surface area contributed by atoms with E-state index in [2.05, 4.69) is 5.32 Å². The SMILES string of the molecule is Cc1cccc(NC(=O)CC2CC3CCC2C3)c1C(=O)O. The maximum atomic E-state index is 12.2. The van der Waals surface area contributed by atoms with Gasteiger partial charge in [0.2, 0.25) is 5.91 Å². The van der Waals surface area contributed by atoms with Gasteiger partial charge >= 0.3 is 5.97 Å². The fraction of sp³-hybridized carbons (Fsp3) is 0.529. The second-order valence-electron chi connectivity index (χ2n) is 6.49. The van der Waals surface area contributed by atoms with Crippen LogP contribution in [0.2, 0.25) is 0 Å². The van der Waals surface area contributed by atoms with Crippen molar-refractivity contribution >= 4 is 17.6 Å². The normalized spacial score (nSPS) is 26.8. The molecule has 3 unspecified atom stereocenters. The van der Waals surface area contributed by atoms with Crippen LogP contribution >= 0.6 is 0 Å². The fourth-order valence-electron chi connectivity index (χ4n) is 4.12. The minimum atomic E-state index is -0.997. The van der Waals surface area contributed by atoms with Crippen LogP contribution in [0.3, 0.4) is 0 Å². The Hall–Kier alpha value is -1.84. The second kappa shape index (κ2) is 5.51. The maximum absolute atomic E-state index is 12.2. The van der Waals surface area contributed by atoms with Crippen LogP contribution in [0.4, 0.5) is 5.69 Å². The van der Waals surface area contributed by atoms with Gasteiger partial charge < -0.3 is 10.4 Å². The van der Waals surface area contributed by atoms with Gasteiger partial charge in [0.15, 0.2) is 0 Å². The van der Waals surface area contributed by atoms with Gasteiger partial charge in [-0.15, -0.1) is 0 Å². The molecule has 1 aromatic carbocycles. The van der Waals surface area contributed by atoms with E-state index >= 15 is 0 Å². The zero-order valence-electron chi connectivity index (χ0n) is 12.3. The van der Waals surface area contributed by atoms with Gasteiger partial charge in [0.1, 0.15) is 0 Å². The summed E-state index contributed by atoms with van der Waals surface area (Å²) >= 11 is 0. The Morgan fingerprint density at radius 3 is 2.71 bits per heavy atom. The average Bonchev–Trinajstić information content (AvgIpc) is 3.00. The lowest BCUT2D eigenvalue weighted by atomic mass is 9.86. The van der Waals surface area contributed by atoms with Gasteiger partial charge in [-0.3, -0.25) is 4.79 Å². The third-order valence-electron chi connectivity index (χ3n) is 5.09. The van der Waals surface area contributed by atoms with Crippen LogP contribution in [0.1, 0.15) is 48.0 Å². The topological polar surface area (TPSA) is 66.4 Å². The third-order valence-corrected chi connectivity index (χ3v) is 5.09. The zero-order chi connectivity index (χ0) is 15.0. The number of aromatic carboxylic acids is 1. The Balaban J connectivity index is 1.68. The summed E-state index contributed by atoms with van der Waals surface area (Å²) in [5, 5.41) is 12.1. The van der Waals surface area contributed by atoms with Gasteiger partial charge in [0, 0.05) is 6.42 Å². The summed E-state index contributed by atoms with van der Waals surface area (Å²) in [5.74, 6) is 0.962. The number of hydrogen-bond acceptors (Lipinski definition) is 2. The van der Waals surface area contributed by atoms with Crippen molar-refractivity contribution in [3.8, 4) is 0 Å². The molecule has 3 rings (SSSR count). The molecule has 0 saturated heterocycles. The molecule has 2 saturated carbocycles. The molecule has 3 atom stereocenters. The molecule has 2 N–H and O–H groups in total. The first-order valence-corrected chi connectivity index (χ1v) is 7.67. The molecule has 0 heterocycles. The monoisotopic (exact) mass is 287 g/mol. The highest BCUT2D eigenvalue weighted by Gasteiger charge is 2.40. The van der Waals surface area contributed by atoms with Crippen LogP contribution in [0.25, 0.3) is 0 Å². The lowest BCUT2D eigenvalue weighted by molar-refractivity contribution is -0.117. The largest absolute Gasteiger partial charge is 0.478 e. The molecule has 1 aromatic rings. The van der Waals surface area contributed by atoms with E-state index in [-0.39, 0.29) is 11.5 Å². The van der Waals surface area contributed by atoms with Gasteiger partial charge in [-0.25, -0.2) is 4.79 Å². The highest BCUT2D eigenvalue weighted by atomic mass is 16.4. The molecular weight excluding hydrogens is 266 g/mol. The number of aryl methyl sites for hydroxylation is 1. The number of benzene rings is 1. The first kappa shape index (κ1) is 14.1. The van der Waals surface area contributed by atoms with Crippen LogP contribution < -0.4 is 5.32 Å². The highest BCUT2D eigenvalue weighted by Crippen LogP contribution is 2.49. The average molecular weight is 287 g/mol.